The van der Waals surface area contributed by atoms with E-state index >= 15 is 0 Å². The predicted octanol–water partition coefficient (Wildman–Crippen LogP) is 4.98. The van der Waals surface area contributed by atoms with Crippen molar-refractivity contribution in [2.45, 2.75) is 64.5 Å². The molecular weight excluding hydrogens is 455 g/mol. The smallest absolute Gasteiger partial charge is 0.376 e. The van der Waals surface area contributed by atoms with Crippen molar-refractivity contribution in [1.29, 1.82) is 0 Å². The van der Waals surface area contributed by atoms with Crippen molar-refractivity contribution in [3.63, 3.8) is 0 Å². The predicted molar refractivity (Wildman–Crippen MR) is 133 cm³/mol. The lowest BCUT2D eigenvalue weighted by Gasteiger charge is -2.37. The van der Waals surface area contributed by atoms with Crippen LogP contribution in [0.2, 0.25) is 0 Å². The second-order valence-electron chi connectivity index (χ2n) is 9.53. The van der Waals surface area contributed by atoms with E-state index in [9.17, 15) is 13.2 Å². The third kappa shape index (κ3) is 5.63. The number of nitrogens with zero attached hydrogens (tertiary/aromatic N) is 4. The number of alkyl halides is 3. The van der Waals surface area contributed by atoms with Gasteiger partial charge in [-0.25, -0.2) is 4.98 Å². The summed E-state index contributed by atoms with van der Waals surface area (Å²) in [5.41, 5.74) is 2.30. The highest BCUT2D eigenvalue weighted by molar-refractivity contribution is 5.59. The molecule has 3 heterocycles. The number of aromatic nitrogens is 3. The van der Waals surface area contributed by atoms with E-state index in [4.69, 9.17) is 0 Å². The molecule has 2 aromatic rings. The highest BCUT2D eigenvalue weighted by atomic mass is 19.4. The molecule has 190 valence electrons. The van der Waals surface area contributed by atoms with Crippen LogP contribution >= 0.6 is 0 Å². The Balaban J connectivity index is 1.69. The molecule has 0 radical (unpaired) electrons. The Bertz CT molecular complexity index is 1100. The molecule has 1 saturated heterocycles. The van der Waals surface area contributed by atoms with Crippen LogP contribution < -0.4 is 16.0 Å². The number of halogens is 3. The van der Waals surface area contributed by atoms with Crippen LogP contribution in [-0.4, -0.2) is 44.5 Å². The first-order valence-electron chi connectivity index (χ1n) is 11.4. The molecule has 35 heavy (non-hydrogen) atoms. The number of pyridine rings is 1. The second-order valence-corrected chi connectivity index (χ2v) is 9.53. The summed E-state index contributed by atoms with van der Waals surface area (Å²) in [4.78, 5) is 6.00. The molecule has 0 amide bonds. The zero-order valence-corrected chi connectivity index (χ0v) is 20.9. The van der Waals surface area contributed by atoms with Crippen molar-refractivity contribution in [1.82, 2.24) is 30.3 Å². The van der Waals surface area contributed by atoms with Crippen molar-refractivity contribution in [2.75, 3.05) is 11.9 Å². The summed E-state index contributed by atoms with van der Waals surface area (Å²) in [5.74, 6) is 0.780. The molecule has 1 aliphatic rings. The third-order valence-corrected chi connectivity index (χ3v) is 6.24. The average molecular weight is 490 g/mol. The normalized spacial score (nSPS) is 17.3. The van der Waals surface area contributed by atoms with Gasteiger partial charge in [0, 0.05) is 30.7 Å². The molecule has 7 nitrogen and oxygen atoms in total. The zero-order valence-electron chi connectivity index (χ0n) is 20.9. The van der Waals surface area contributed by atoms with Crippen LogP contribution in [0.5, 0.6) is 0 Å². The zero-order chi connectivity index (χ0) is 26.1. The largest absolute Gasteiger partial charge is 0.410 e. The van der Waals surface area contributed by atoms with Crippen molar-refractivity contribution < 1.29 is 13.2 Å². The van der Waals surface area contributed by atoms with Crippen LogP contribution in [0.4, 0.5) is 19.0 Å². The fourth-order valence-electron chi connectivity index (χ4n) is 4.06. The summed E-state index contributed by atoms with van der Waals surface area (Å²) in [6.07, 6.45) is -0.993. The Kier molecular flexibility index (Phi) is 7.23. The maximum absolute atomic E-state index is 13.2. The van der Waals surface area contributed by atoms with Gasteiger partial charge in [-0.05, 0) is 58.4 Å². The molecule has 1 aliphatic heterocycles. The lowest BCUT2D eigenvalue weighted by Crippen LogP contribution is -2.42. The van der Waals surface area contributed by atoms with Gasteiger partial charge >= 0.3 is 6.18 Å². The SMILES string of the molecule is C=C(NC(C)C(=C)Nc1cc(C(C)(C)N2CC(C(F)(F)F)NC2=C)ccn1)c1ccnn1C(C)C. The van der Waals surface area contributed by atoms with E-state index in [1.807, 2.05) is 51.4 Å². The average Bonchev–Trinajstić information content (AvgIpc) is 3.41. The lowest BCUT2D eigenvalue weighted by molar-refractivity contribution is -0.150. The van der Waals surface area contributed by atoms with Gasteiger partial charge in [-0.3, -0.25) is 4.68 Å². The monoisotopic (exact) mass is 489 g/mol. The van der Waals surface area contributed by atoms with E-state index in [1.54, 1.807) is 23.4 Å². The van der Waals surface area contributed by atoms with E-state index < -0.39 is 17.8 Å². The van der Waals surface area contributed by atoms with Gasteiger partial charge in [0.25, 0.3) is 0 Å². The van der Waals surface area contributed by atoms with Crippen LogP contribution in [0.25, 0.3) is 5.70 Å². The fraction of sp³-hybridized carbons (Fsp3) is 0.440. The third-order valence-electron chi connectivity index (χ3n) is 6.24. The molecule has 2 atom stereocenters. The molecule has 3 N–H and O–H groups in total. The Labute approximate surface area is 204 Å². The lowest BCUT2D eigenvalue weighted by atomic mass is 9.93. The topological polar surface area (TPSA) is 70.0 Å². The highest BCUT2D eigenvalue weighted by Crippen LogP contribution is 2.36. The van der Waals surface area contributed by atoms with Crippen LogP contribution in [0, 0.1) is 0 Å². The first-order chi connectivity index (χ1) is 16.2. The maximum Gasteiger partial charge on any atom is 0.410 e. The van der Waals surface area contributed by atoms with Crippen molar-refractivity contribution in [2.24, 2.45) is 0 Å². The number of nitrogens with one attached hydrogen (secondary N) is 3. The summed E-state index contributed by atoms with van der Waals surface area (Å²) in [6, 6.07) is 3.86. The van der Waals surface area contributed by atoms with E-state index in [0.717, 1.165) is 11.3 Å². The first-order valence-corrected chi connectivity index (χ1v) is 11.4. The van der Waals surface area contributed by atoms with Gasteiger partial charge in [-0.2, -0.15) is 18.3 Å². The standard InChI is InChI=1S/C25H34F3N7/c1-15(2)35-21(10-12-30-35)18(5)31-16(3)17(4)32-23-13-20(9-11-29-23)24(7,8)34-14-22(25(26,27)28)33-19(34)6/h9-13,15-16,22,31,33H,4-6,14H2,1-3,7-8H3,(H,29,32). The van der Waals surface area contributed by atoms with Gasteiger partial charge in [0.1, 0.15) is 11.9 Å². The molecule has 10 heteroatoms. The Morgan fingerprint density at radius 3 is 2.46 bits per heavy atom. The number of hydrogen-bond donors (Lipinski definition) is 3. The van der Waals surface area contributed by atoms with Gasteiger partial charge in [-0.15, -0.1) is 0 Å². The van der Waals surface area contributed by atoms with Gasteiger partial charge in [0.15, 0.2) is 0 Å². The summed E-state index contributed by atoms with van der Waals surface area (Å²) >= 11 is 0. The Morgan fingerprint density at radius 2 is 1.86 bits per heavy atom. The molecule has 3 rings (SSSR count). The van der Waals surface area contributed by atoms with Crippen molar-refractivity contribution in [3.05, 3.63) is 73.1 Å². The second kappa shape index (κ2) is 9.67. The van der Waals surface area contributed by atoms with Crippen LogP contribution in [-0.2, 0) is 5.54 Å². The molecule has 2 aromatic heterocycles. The summed E-state index contributed by atoms with van der Waals surface area (Å²) in [5, 5.41) is 13.3. The van der Waals surface area contributed by atoms with Crippen LogP contribution in [0.15, 0.2) is 61.8 Å². The van der Waals surface area contributed by atoms with Crippen molar-refractivity contribution >= 4 is 11.5 Å². The number of rotatable bonds is 9. The molecule has 2 unspecified atom stereocenters. The van der Waals surface area contributed by atoms with Gasteiger partial charge in [-0.1, -0.05) is 19.7 Å². The first kappa shape index (κ1) is 26.2. The Hall–Kier alpha value is -3.43. The summed E-state index contributed by atoms with van der Waals surface area (Å²) in [7, 11) is 0. The quantitative estimate of drug-likeness (QED) is 0.462. The minimum atomic E-state index is -4.35. The molecule has 0 bridgehead atoms. The summed E-state index contributed by atoms with van der Waals surface area (Å²) in [6.45, 7) is 21.6. The van der Waals surface area contributed by atoms with Crippen LogP contribution in [0.1, 0.15) is 51.9 Å². The van der Waals surface area contributed by atoms with Crippen LogP contribution in [0.3, 0.4) is 0 Å². The van der Waals surface area contributed by atoms with E-state index in [0.29, 0.717) is 17.2 Å². The highest BCUT2D eigenvalue weighted by Gasteiger charge is 2.48. The maximum atomic E-state index is 13.2. The molecule has 0 spiro atoms. The number of hydrogen-bond acceptors (Lipinski definition) is 6. The van der Waals surface area contributed by atoms with Gasteiger partial charge < -0.3 is 20.9 Å². The molecule has 0 aromatic carbocycles. The fourth-order valence-corrected chi connectivity index (χ4v) is 4.06. The van der Waals surface area contributed by atoms with E-state index in [-0.39, 0.29) is 24.4 Å². The minimum absolute atomic E-state index is 0.188. The van der Waals surface area contributed by atoms with Gasteiger partial charge in [0.05, 0.1) is 28.8 Å². The minimum Gasteiger partial charge on any atom is -0.376 e. The Morgan fingerprint density at radius 1 is 1.17 bits per heavy atom. The molecule has 0 saturated carbocycles. The molecular formula is C25H34F3N7. The van der Waals surface area contributed by atoms with Gasteiger partial charge in [0.2, 0.25) is 0 Å². The molecule has 1 fully saturated rings. The van der Waals surface area contributed by atoms with E-state index in [1.165, 1.54) is 0 Å². The summed E-state index contributed by atoms with van der Waals surface area (Å²) < 4.78 is 41.6. The molecule has 0 aliphatic carbocycles. The number of anilines is 1. The van der Waals surface area contributed by atoms with Crippen molar-refractivity contribution in [3.8, 4) is 0 Å². The van der Waals surface area contributed by atoms with E-state index in [2.05, 4.69) is 45.8 Å².